The van der Waals surface area contributed by atoms with Crippen molar-refractivity contribution < 1.29 is 0 Å². The van der Waals surface area contributed by atoms with Crippen LogP contribution >= 0.6 is 0 Å². The summed E-state index contributed by atoms with van der Waals surface area (Å²) in [6.45, 7) is 6.41. The molecule has 0 saturated heterocycles. The molecule has 16 heavy (non-hydrogen) atoms. The summed E-state index contributed by atoms with van der Waals surface area (Å²) < 4.78 is 1.94. The number of rotatable bonds is 2. The highest BCUT2D eigenvalue weighted by molar-refractivity contribution is 5.64. The molecular weight excluding hydrogens is 196 g/mol. The first-order valence-electron chi connectivity index (χ1n) is 5.73. The maximum Gasteiger partial charge on any atom is 0.0954 e. The van der Waals surface area contributed by atoms with Crippen LogP contribution in [-0.4, -0.2) is 9.78 Å². The van der Waals surface area contributed by atoms with Gasteiger partial charge in [0.25, 0.3) is 0 Å². The molecule has 0 aliphatic carbocycles. The number of aryl methyl sites for hydroxylation is 2. The van der Waals surface area contributed by atoms with Crippen LogP contribution in [0.3, 0.4) is 0 Å². The zero-order valence-electron chi connectivity index (χ0n) is 10.4. The zero-order chi connectivity index (χ0) is 11.7. The number of nitrogens with zero attached hydrogens (tertiary/aromatic N) is 2. The highest BCUT2D eigenvalue weighted by atomic mass is 15.3. The van der Waals surface area contributed by atoms with Gasteiger partial charge in [-0.2, -0.15) is 5.10 Å². The number of aromatic nitrogens is 2. The van der Waals surface area contributed by atoms with E-state index in [2.05, 4.69) is 50.1 Å². The summed E-state index contributed by atoms with van der Waals surface area (Å²) in [6, 6.07) is 8.68. The predicted octanol–water partition coefficient (Wildman–Crippen LogP) is 3.27. The van der Waals surface area contributed by atoms with Gasteiger partial charge in [-0.05, 0) is 31.4 Å². The Labute approximate surface area is 96.9 Å². The van der Waals surface area contributed by atoms with Crippen LogP contribution in [0.15, 0.2) is 24.3 Å². The van der Waals surface area contributed by atoms with Crippen molar-refractivity contribution in [2.75, 3.05) is 0 Å². The summed E-state index contributed by atoms with van der Waals surface area (Å²) in [6.07, 6.45) is 1.08. The van der Waals surface area contributed by atoms with Crippen molar-refractivity contribution >= 4 is 0 Å². The van der Waals surface area contributed by atoms with Gasteiger partial charge in [0.15, 0.2) is 0 Å². The van der Waals surface area contributed by atoms with Crippen molar-refractivity contribution in [3.63, 3.8) is 0 Å². The number of hydrogen-bond acceptors (Lipinski definition) is 1. The maximum absolute atomic E-state index is 4.55. The third-order valence-corrected chi connectivity index (χ3v) is 3.27. The van der Waals surface area contributed by atoms with Gasteiger partial charge >= 0.3 is 0 Å². The minimum absolute atomic E-state index is 1.08. The molecule has 1 aromatic carbocycles. The van der Waals surface area contributed by atoms with Crippen molar-refractivity contribution in [3.05, 3.63) is 41.1 Å². The molecule has 1 aromatic heterocycles. The third-order valence-electron chi connectivity index (χ3n) is 3.27. The van der Waals surface area contributed by atoms with E-state index in [9.17, 15) is 0 Å². The fourth-order valence-corrected chi connectivity index (χ4v) is 1.89. The van der Waals surface area contributed by atoms with E-state index in [0.717, 1.165) is 12.1 Å². The van der Waals surface area contributed by atoms with E-state index in [4.69, 9.17) is 0 Å². The third kappa shape index (κ3) is 1.75. The Bertz CT molecular complexity index is 492. The Morgan fingerprint density at radius 2 is 1.75 bits per heavy atom. The monoisotopic (exact) mass is 214 g/mol. The second-order valence-corrected chi connectivity index (χ2v) is 4.23. The van der Waals surface area contributed by atoms with Gasteiger partial charge in [0.05, 0.1) is 5.69 Å². The van der Waals surface area contributed by atoms with Crippen molar-refractivity contribution in [3.8, 4) is 11.3 Å². The molecule has 84 valence electrons. The SMILES string of the molecule is CCc1ccc(-c2nn(C)c(C)c2C)cc1. The molecule has 1 heterocycles. The molecule has 0 saturated carbocycles. The van der Waals surface area contributed by atoms with Crippen LogP contribution in [0, 0.1) is 13.8 Å². The molecule has 0 fully saturated rings. The molecule has 0 radical (unpaired) electrons. The van der Waals surface area contributed by atoms with Crippen molar-refractivity contribution in [1.29, 1.82) is 0 Å². The largest absolute Gasteiger partial charge is 0.272 e. The first-order chi connectivity index (χ1) is 7.63. The van der Waals surface area contributed by atoms with Gasteiger partial charge in [0.1, 0.15) is 0 Å². The molecule has 0 amide bonds. The molecule has 0 aliphatic rings. The van der Waals surface area contributed by atoms with Crippen molar-refractivity contribution in [2.45, 2.75) is 27.2 Å². The molecule has 2 rings (SSSR count). The topological polar surface area (TPSA) is 17.8 Å². The number of benzene rings is 1. The lowest BCUT2D eigenvalue weighted by molar-refractivity contribution is 0.741. The zero-order valence-corrected chi connectivity index (χ0v) is 10.4. The van der Waals surface area contributed by atoms with Crippen LogP contribution < -0.4 is 0 Å². The Morgan fingerprint density at radius 1 is 1.12 bits per heavy atom. The van der Waals surface area contributed by atoms with Crippen molar-refractivity contribution in [2.24, 2.45) is 7.05 Å². The highest BCUT2D eigenvalue weighted by Crippen LogP contribution is 2.24. The van der Waals surface area contributed by atoms with Gasteiger partial charge in [-0.25, -0.2) is 0 Å². The van der Waals surface area contributed by atoms with Gasteiger partial charge in [-0.3, -0.25) is 4.68 Å². The lowest BCUT2D eigenvalue weighted by Crippen LogP contribution is -1.92. The Hall–Kier alpha value is -1.57. The van der Waals surface area contributed by atoms with Gasteiger partial charge in [-0.15, -0.1) is 0 Å². The van der Waals surface area contributed by atoms with E-state index in [-0.39, 0.29) is 0 Å². The second-order valence-electron chi connectivity index (χ2n) is 4.23. The lowest BCUT2D eigenvalue weighted by atomic mass is 10.0. The van der Waals surface area contributed by atoms with Gasteiger partial charge < -0.3 is 0 Å². The molecule has 0 unspecified atom stereocenters. The molecule has 2 nitrogen and oxygen atoms in total. The second kappa shape index (κ2) is 4.12. The molecule has 0 atom stereocenters. The summed E-state index contributed by atoms with van der Waals surface area (Å²) in [4.78, 5) is 0. The van der Waals surface area contributed by atoms with Crippen LogP contribution in [0.2, 0.25) is 0 Å². The van der Waals surface area contributed by atoms with Crippen LogP contribution in [0.5, 0.6) is 0 Å². The number of hydrogen-bond donors (Lipinski definition) is 0. The van der Waals surface area contributed by atoms with Crippen LogP contribution in [0.4, 0.5) is 0 Å². The molecule has 0 bridgehead atoms. The van der Waals surface area contributed by atoms with E-state index in [1.807, 2.05) is 11.7 Å². The summed E-state index contributed by atoms with van der Waals surface area (Å²) in [5.74, 6) is 0. The summed E-state index contributed by atoms with van der Waals surface area (Å²) in [7, 11) is 1.99. The van der Waals surface area contributed by atoms with E-state index in [1.165, 1.54) is 22.4 Å². The quantitative estimate of drug-likeness (QED) is 0.750. The van der Waals surface area contributed by atoms with Gasteiger partial charge in [0.2, 0.25) is 0 Å². The average Bonchev–Trinajstić information content (AvgIpc) is 2.57. The fraction of sp³-hybridized carbons (Fsp3) is 0.357. The predicted molar refractivity (Wildman–Crippen MR) is 67.5 cm³/mol. The Balaban J connectivity index is 2.46. The van der Waals surface area contributed by atoms with Crippen molar-refractivity contribution in [1.82, 2.24) is 9.78 Å². The molecule has 2 aromatic rings. The Kier molecular flexibility index (Phi) is 2.82. The fourth-order valence-electron chi connectivity index (χ4n) is 1.89. The molecule has 0 aliphatic heterocycles. The van der Waals surface area contributed by atoms with Gasteiger partial charge in [-0.1, -0.05) is 31.2 Å². The normalized spacial score (nSPS) is 10.8. The minimum Gasteiger partial charge on any atom is -0.272 e. The van der Waals surface area contributed by atoms with E-state index >= 15 is 0 Å². The summed E-state index contributed by atoms with van der Waals surface area (Å²) in [5.41, 5.74) is 6.18. The molecule has 0 spiro atoms. The van der Waals surface area contributed by atoms with Crippen LogP contribution in [0.1, 0.15) is 23.7 Å². The maximum atomic E-state index is 4.55. The first-order valence-corrected chi connectivity index (χ1v) is 5.73. The smallest absolute Gasteiger partial charge is 0.0954 e. The van der Waals surface area contributed by atoms with E-state index in [1.54, 1.807) is 0 Å². The molecular formula is C14H18N2. The summed E-state index contributed by atoms with van der Waals surface area (Å²) in [5, 5.41) is 4.55. The standard InChI is InChI=1S/C14H18N2/c1-5-12-6-8-13(9-7-12)14-10(2)11(3)16(4)15-14/h6-9H,5H2,1-4H3. The molecule has 2 heteroatoms. The highest BCUT2D eigenvalue weighted by Gasteiger charge is 2.09. The molecule has 0 N–H and O–H groups in total. The van der Waals surface area contributed by atoms with Gasteiger partial charge in [0, 0.05) is 18.3 Å². The Morgan fingerprint density at radius 3 is 2.19 bits per heavy atom. The summed E-state index contributed by atoms with van der Waals surface area (Å²) >= 11 is 0. The first kappa shape index (κ1) is 10.9. The minimum atomic E-state index is 1.08. The van der Waals surface area contributed by atoms with Crippen LogP contribution in [-0.2, 0) is 13.5 Å². The van der Waals surface area contributed by atoms with E-state index < -0.39 is 0 Å². The van der Waals surface area contributed by atoms with E-state index in [0.29, 0.717) is 0 Å². The van der Waals surface area contributed by atoms with Crippen LogP contribution in [0.25, 0.3) is 11.3 Å². The lowest BCUT2D eigenvalue weighted by Gasteiger charge is -2.00. The average molecular weight is 214 g/mol.